The van der Waals surface area contributed by atoms with Crippen LogP contribution in [0.5, 0.6) is 0 Å². The first-order chi connectivity index (χ1) is 21.1. The maximum atomic E-state index is 13.1. The second kappa shape index (κ2) is 12.2. The van der Waals surface area contributed by atoms with Gasteiger partial charge in [-0.1, -0.05) is 32.9 Å². The number of fused-ring (bicyclic) bond motifs is 1. The number of piperazine rings is 1. The van der Waals surface area contributed by atoms with Crippen LogP contribution in [-0.2, 0) is 5.41 Å². The highest BCUT2D eigenvalue weighted by atomic mass is 16.2. The fourth-order valence-corrected chi connectivity index (χ4v) is 5.73. The summed E-state index contributed by atoms with van der Waals surface area (Å²) in [6.07, 6.45) is 5.29. The number of hydrogen-bond donors (Lipinski definition) is 2. The number of rotatable bonds is 6. The highest BCUT2D eigenvalue weighted by molar-refractivity contribution is 5.95. The normalized spacial score (nSPS) is 18.0. The van der Waals surface area contributed by atoms with Gasteiger partial charge in [0.15, 0.2) is 11.5 Å². The van der Waals surface area contributed by atoms with Gasteiger partial charge in [0, 0.05) is 74.5 Å². The van der Waals surface area contributed by atoms with E-state index in [2.05, 4.69) is 53.2 Å². The summed E-state index contributed by atoms with van der Waals surface area (Å²) in [7, 11) is 2.08. The molecule has 2 aliphatic heterocycles. The largest absolute Gasteiger partial charge is 0.348 e. The lowest BCUT2D eigenvalue weighted by atomic mass is 9.86. The molecule has 6 rings (SSSR count). The molecule has 2 aliphatic rings. The maximum absolute atomic E-state index is 13.1. The fraction of sp³-hybridized carbons (Fsp3) is 0.424. The number of nitrogens with zero attached hydrogens (tertiary/aromatic N) is 7. The van der Waals surface area contributed by atoms with Crippen molar-refractivity contribution in [1.82, 2.24) is 34.7 Å². The van der Waals surface area contributed by atoms with Crippen LogP contribution in [0, 0.1) is 0 Å². The Morgan fingerprint density at radius 3 is 2.32 bits per heavy atom. The molecule has 2 fully saturated rings. The van der Waals surface area contributed by atoms with Crippen molar-refractivity contribution < 1.29 is 9.59 Å². The van der Waals surface area contributed by atoms with Crippen LogP contribution in [0.4, 0.5) is 17.5 Å². The number of hydrogen-bond acceptors (Lipinski definition) is 8. The van der Waals surface area contributed by atoms with Crippen LogP contribution in [0.2, 0.25) is 0 Å². The van der Waals surface area contributed by atoms with Gasteiger partial charge in [0.2, 0.25) is 5.95 Å². The van der Waals surface area contributed by atoms with Gasteiger partial charge in [-0.15, -0.1) is 5.10 Å². The van der Waals surface area contributed by atoms with Gasteiger partial charge in [0.05, 0.1) is 0 Å². The molecule has 2 saturated heterocycles. The monoisotopic (exact) mass is 595 g/mol. The van der Waals surface area contributed by atoms with E-state index >= 15 is 0 Å². The van der Waals surface area contributed by atoms with Crippen molar-refractivity contribution in [3.8, 4) is 0 Å². The van der Waals surface area contributed by atoms with Crippen LogP contribution in [0.25, 0.3) is 5.65 Å². The molecule has 230 valence electrons. The number of anilines is 3. The summed E-state index contributed by atoms with van der Waals surface area (Å²) in [5.41, 5.74) is 3.97. The van der Waals surface area contributed by atoms with E-state index in [9.17, 15) is 9.59 Å². The van der Waals surface area contributed by atoms with Crippen molar-refractivity contribution in [1.29, 1.82) is 0 Å². The molecule has 11 nitrogen and oxygen atoms in total. The van der Waals surface area contributed by atoms with Crippen molar-refractivity contribution >= 4 is 34.9 Å². The molecule has 0 radical (unpaired) electrons. The smallest absolute Gasteiger partial charge is 0.253 e. The van der Waals surface area contributed by atoms with Crippen LogP contribution in [0.3, 0.4) is 0 Å². The van der Waals surface area contributed by atoms with Crippen LogP contribution < -0.4 is 15.5 Å². The molecule has 0 bridgehead atoms. The van der Waals surface area contributed by atoms with Gasteiger partial charge in [0.1, 0.15) is 0 Å². The minimum absolute atomic E-state index is 0.0255. The van der Waals surface area contributed by atoms with E-state index < -0.39 is 0 Å². The molecule has 0 aliphatic carbocycles. The number of aromatic nitrogens is 4. The van der Waals surface area contributed by atoms with E-state index in [1.54, 1.807) is 16.9 Å². The molecule has 2 aromatic heterocycles. The zero-order valence-electron chi connectivity index (χ0n) is 26.0. The molecule has 0 saturated carbocycles. The summed E-state index contributed by atoms with van der Waals surface area (Å²) < 4.78 is 1.72. The fourth-order valence-electron chi connectivity index (χ4n) is 5.73. The molecule has 2 aromatic carbocycles. The molecule has 4 aromatic rings. The molecule has 0 spiro atoms. The Balaban J connectivity index is 1.14. The second-order valence-corrected chi connectivity index (χ2v) is 12.8. The van der Waals surface area contributed by atoms with Crippen molar-refractivity contribution in [3.63, 3.8) is 0 Å². The van der Waals surface area contributed by atoms with Crippen molar-refractivity contribution in [2.75, 3.05) is 56.5 Å². The summed E-state index contributed by atoms with van der Waals surface area (Å²) in [6.45, 7) is 11.1. The number of amides is 2. The van der Waals surface area contributed by atoms with E-state index in [-0.39, 0.29) is 23.3 Å². The minimum atomic E-state index is -0.0693. The Morgan fingerprint density at radius 1 is 0.909 bits per heavy atom. The van der Waals surface area contributed by atoms with E-state index in [1.807, 2.05) is 53.4 Å². The van der Waals surface area contributed by atoms with Crippen LogP contribution >= 0.6 is 0 Å². The maximum Gasteiger partial charge on any atom is 0.253 e. The average molecular weight is 596 g/mol. The first-order valence-electron chi connectivity index (χ1n) is 15.4. The molecular weight excluding hydrogens is 554 g/mol. The number of benzene rings is 2. The van der Waals surface area contributed by atoms with Crippen molar-refractivity contribution in [2.45, 2.75) is 45.1 Å². The van der Waals surface area contributed by atoms with Crippen LogP contribution in [-0.4, -0.2) is 93.6 Å². The summed E-state index contributed by atoms with van der Waals surface area (Å²) >= 11 is 0. The molecule has 2 amide bonds. The molecule has 11 heteroatoms. The van der Waals surface area contributed by atoms with Gasteiger partial charge >= 0.3 is 0 Å². The summed E-state index contributed by atoms with van der Waals surface area (Å²) in [5, 5.41) is 11.3. The minimum Gasteiger partial charge on any atom is -0.348 e. The SMILES string of the molecule is CN1CCN(C(=O)c2ccc(Nc3nc(N4CCC[C@@H](NC(=O)c5ccc(C(C)(C)C)cc5)C4)nn4ccnc34)cc2)CC1. The third-order valence-corrected chi connectivity index (χ3v) is 8.48. The number of imidazole rings is 1. The summed E-state index contributed by atoms with van der Waals surface area (Å²) in [5.74, 6) is 1.12. The third kappa shape index (κ3) is 6.52. The van der Waals surface area contributed by atoms with Crippen LogP contribution in [0.15, 0.2) is 60.9 Å². The lowest BCUT2D eigenvalue weighted by molar-refractivity contribution is 0.0664. The van der Waals surface area contributed by atoms with Gasteiger partial charge in [-0.3, -0.25) is 9.59 Å². The predicted molar refractivity (Wildman–Crippen MR) is 172 cm³/mol. The van der Waals surface area contributed by atoms with Gasteiger partial charge in [-0.2, -0.15) is 4.98 Å². The first kappa shape index (κ1) is 29.6. The number of nitrogens with one attached hydrogen (secondary N) is 2. The zero-order valence-corrected chi connectivity index (χ0v) is 26.0. The topological polar surface area (TPSA) is 111 Å². The van der Waals surface area contributed by atoms with Gasteiger partial charge in [-0.25, -0.2) is 9.50 Å². The molecule has 2 N–H and O–H groups in total. The summed E-state index contributed by atoms with van der Waals surface area (Å²) in [4.78, 5) is 41.6. The molecule has 0 unspecified atom stereocenters. The Bertz CT molecular complexity index is 1620. The standard InChI is InChI=1S/C33H41N9O2/c1-33(2,3)25-11-7-23(8-12-25)30(43)36-27-6-5-16-41(22-27)32-37-28(29-34-15-17-42(29)38-32)35-26-13-9-24(10-14-26)31(44)40-20-18-39(4)19-21-40/h7-15,17,27H,5-6,16,18-22H2,1-4H3,(H,36,43)(H,35,37,38)/t27-/m1/s1. The van der Waals surface area contributed by atoms with Gasteiger partial charge < -0.3 is 25.3 Å². The average Bonchev–Trinajstić information content (AvgIpc) is 3.51. The number of likely N-dealkylation sites (N-methyl/N-ethyl adjacent to an activating group) is 1. The van der Waals surface area contributed by atoms with E-state index in [4.69, 9.17) is 10.1 Å². The lowest BCUT2D eigenvalue weighted by Gasteiger charge is -2.33. The van der Waals surface area contributed by atoms with Gasteiger partial charge in [0.25, 0.3) is 11.8 Å². The number of carbonyl (C=O) groups excluding carboxylic acids is 2. The Morgan fingerprint density at radius 2 is 1.61 bits per heavy atom. The number of carbonyl (C=O) groups is 2. The molecular formula is C33H41N9O2. The van der Waals surface area contributed by atoms with E-state index in [0.29, 0.717) is 35.1 Å². The highest BCUT2D eigenvalue weighted by Gasteiger charge is 2.26. The molecule has 4 heterocycles. The predicted octanol–water partition coefficient (Wildman–Crippen LogP) is 3.95. The molecule has 44 heavy (non-hydrogen) atoms. The van der Waals surface area contributed by atoms with Gasteiger partial charge in [-0.05, 0) is 67.3 Å². The Kier molecular flexibility index (Phi) is 8.22. The first-order valence-corrected chi connectivity index (χ1v) is 15.4. The zero-order chi connectivity index (χ0) is 30.8. The van der Waals surface area contributed by atoms with Crippen molar-refractivity contribution in [2.24, 2.45) is 0 Å². The Hall–Kier alpha value is -4.51. The van der Waals surface area contributed by atoms with Crippen molar-refractivity contribution in [3.05, 3.63) is 77.6 Å². The van der Waals surface area contributed by atoms with E-state index in [0.717, 1.165) is 51.3 Å². The summed E-state index contributed by atoms with van der Waals surface area (Å²) in [6, 6.07) is 15.3. The van der Waals surface area contributed by atoms with Crippen LogP contribution in [0.1, 0.15) is 59.9 Å². The second-order valence-electron chi connectivity index (χ2n) is 12.8. The highest BCUT2D eigenvalue weighted by Crippen LogP contribution is 2.25. The quantitative estimate of drug-likeness (QED) is 0.345. The number of piperidine rings is 1. The van der Waals surface area contributed by atoms with E-state index in [1.165, 1.54) is 5.56 Å². The third-order valence-electron chi connectivity index (χ3n) is 8.48. The lowest BCUT2D eigenvalue weighted by Crippen LogP contribution is -2.48. The Labute approximate surface area is 258 Å². The molecule has 1 atom stereocenters.